The number of nitrogens with one attached hydrogen (secondary N) is 1. The molecule has 0 aliphatic rings. The van der Waals surface area contributed by atoms with Gasteiger partial charge in [0.05, 0.1) is 18.7 Å². The fraction of sp³-hybridized carbons (Fsp3) is 0.357. The highest BCUT2D eigenvalue weighted by molar-refractivity contribution is 9.10. The number of nitrogens with zero attached hydrogens (tertiary/aromatic N) is 2. The van der Waals surface area contributed by atoms with E-state index < -0.39 is 5.97 Å². The van der Waals surface area contributed by atoms with Crippen molar-refractivity contribution in [3.05, 3.63) is 28.5 Å². The van der Waals surface area contributed by atoms with E-state index >= 15 is 0 Å². The normalized spacial score (nSPS) is 10.7. The Labute approximate surface area is 135 Å². The van der Waals surface area contributed by atoms with Crippen molar-refractivity contribution in [2.45, 2.75) is 13.3 Å². The second kappa shape index (κ2) is 7.37. The topological polar surface area (TPSA) is 81.9 Å². The van der Waals surface area contributed by atoms with Gasteiger partial charge in [0.15, 0.2) is 0 Å². The molecule has 22 heavy (non-hydrogen) atoms. The van der Waals surface area contributed by atoms with Crippen molar-refractivity contribution in [2.24, 2.45) is 0 Å². The molecule has 8 heteroatoms. The van der Waals surface area contributed by atoms with Gasteiger partial charge in [0.1, 0.15) is 18.1 Å². The molecule has 2 rings (SSSR count). The summed E-state index contributed by atoms with van der Waals surface area (Å²) in [6.45, 7) is 1.95. The number of fused-ring (bicyclic) bond motifs is 1. The number of amides is 1. The van der Waals surface area contributed by atoms with E-state index in [1.165, 1.54) is 7.11 Å². The molecule has 2 aromatic heterocycles. The monoisotopic (exact) mass is 369 g/mol. The SMILES string of the molecule is CCOC(=O)Cc1nc2ccc(Br)cn2c1NC(=O)COC. The third-order valence-corrected chi connectivity index (χ3v) is 3.27. The van der Waals surface area contributed by atoms with Crippen molar-refractivity contribution >= 4 is 39.3 Å². The maximum Gasteiger partial charge on any atom is 0.312 e. The first kappa shape index (κ1) is 16.4. The minimum Gasteiger partial charge on any atom is -0.466 e. The van der Waals surface area contributed by atoms with Crippen LogP contribution in [0.25, 0.3) is 5.65 Å². The Kier molecular flexibility index (Phi) is 5.51. The fourth-order valence-electron chi connectivity index (χ4n) is 1.97. The zero-order valence-electron chi connectivity index (χ0n) is 12.3. The summed E-state index contributed by atoms with van der Waals surface area (Å²) in [6.07, 6.45) is 1.75. The minimum atomic E-state index is -0.396. The van der Waals surface area contributed by atoms with Crippen LogP contribution in [0.3, 0.4) is 0 Å². The van der Waals surface area contributed by atoms with E-state index in [-0.39, 0.29) is 18.9 Å². The van der Waals surface area contributed by atoms with Crippen LogP contribution >= 0.6 is 15.9 Å². The van der Waals surface area contributed by atoms with Crippen LogP contribution in [0.4, 0.5) is 5.82 Å². The van der Waals surface area contributed by atoms with Crippen molar-refractivity contribution in [1.82, 2.24) is 9.38 Å². The van der Waals surface area contributed by atoms with Crippen LogP contribution in [0.15, 0.2) is 22.8 Å². The molecule has 0 aliphatic carbocycles. The highest BCUT2D eigenvalue weighted by atomic mass is 79.9. The molecule has 7 nitrogen and oxygen atoms in total. The van der Waals surface area contributed by atoms with E-state index in [1.54, 1.807) is 23.6 Å². The van der Waals surface area contributed by atoms with Gasteiger partial charge in [0.2, 0.25) is 0 Å². The average molecular weight is 370 g/mol. The van der Waals surface area contributed by atoms with Gasteiger partial charge >= 0.3 is 5.97 Å². The molecule has 0 aromatic carbocycles. The lowest BCUT2D eigenvalue weighted by Gasteiger charge is -2.07. The summed E-state index contributed by atoms with van der Waals surface area (Å²) in [5, 5.41) is 2.72. The molecule has 0 unspecified atom stereocenters. The van der Waals surface area contributed by atoms with Crippen LogP contribution in [0.5, 0.6) is 0 Å². The van der Waals surface area contributed by atoms with Gasteiger partial charge in [-0.25, -0.2) is 4.98 Å². The maximum atomic E-state index is 11.8. The third-order valence-electron chi connectivity index (χ3n) is 2.80. The molecule has 2 heterocycles. The lowest BCUT2D eigenvalue weighted by molar-refractivity contribution is -0.142. The smallest absolute Gasteiger partial charge is 0.312 e. The number of carbonyl (C=O) groups is 2. The van der Waals surface area contributed by atoms with Crippen molar-refractivity contribution in [3.8, 4) is 0 Å². The van der Waals surface area contributed by atoms with Crippen LogP contribution < -0.4 is 5.32 Å². The molecular formula is C14H16BrN3O4. The predicted octanol–water partition coefficient (Wildman–Crippen LogP) is 1.79. The molecule has 0 bridgehead atoms. The van der Waals surface area contributed by atoms with Gasteiger partial charge in [-0.15, -0.1) is 0 Å². The summed E-state index contributed by atoms with van der Waals surface area (Å²) in [7, 11) is 1.43. The van der Waals surface area contributed by atoms with E-state index in [9.17, 15) is 9.59 Å². The molecule has 0 radical (unpaired) electrons. The first-order valence-electron chi connectivity index (χ1n) is 6.66. The number of rotatable bonds is 6. The molecule has 1 amide bonds. The van der Waals surface area contributed by atoms with Gasteiger partial charge in [-0.1, -0.05) is 0 Å². The average Bonchev–Trinajstić information content (AvgIpc) is 2.77. The van der Waals surface area contributed by atoms with Crippen molar-refractivity contribution in [3.63, 3.8) is 0 Å². The summed E-state index contributed by atoms with van der Waals surface area (Å²) in [6, 6.07) is 3.61. The first-order valence-corrected chi connectivity index (χ1v) is 7.45. The number of ether oxygens (including phenoxy) is 2. The van der Waals surface area contributed by atoms with Gasteiger partial charge in [-0.05, 0) is 35.0 Å². The number of pyridine rings is 1. The van der Waals surface area contributed by atoms with Gasteiger partial charge in [-0.2, -0.15) is 0 Å². The number of halogens is 1. The highest BCUT2D eigenvalue weighted by Gasteiger charge is 2.18. The number of esters is 1. The molecule has 0 spiro atoms. The number of imidazole rings is 1. The summed E-state index contributed by atoms with van der Waals surface area (Å²) in [4.78, 5) is 27.9. The summed E-state index contributed by atoms with van der Waals surface area (Å²) < 4.78 is 12.3. The lowest BCUT2D eigenvalue weighted by Crippen LogP contribution is -2.20. The highest BCUT2D eigenvalue weighted by Crippen LogP contribution is 2.22. The summed E-state index contributed by atoms with van der Waals surface area (Å²) in [5.41, 5.74) is 1.07. The second-order valence-electron chi connectivity index (χ2n) is 4.45. The Morgan fingerprint density at radius 3 is 2.86 bits per heavy atom. The Morgan fingerprint density at radius 2 is 2.18 bits per heavy atom. The zero-order valence-corrected chi connectivity index (χ0v) is 13.8. The first-order chi connectivity index (χ1) is 10.5. The molecule has 2 aromatic rings. The van der Waals surface area contributed by atoms with Gasteiger partial charge in [-0.3, -0.25) is 14.0 Å². The largest absolute Gasteiger partial charge is 0.466 e. The molecule has 0 atom stereocenters. The third kappa shape index (κ3) is 3.83. The van der Waals surface area contributed by atoms with Crippen molar-refractivity contribution in [1.29, 1.82) is 0 Å². The Bertz CT molecular complexity index is 699. The van der Waals surface area contributed by atoms with Crippen LogP contribution in [0.2, 0.25) is 0 Å². The Balaban J connectivity index is 2.40. The number of aromatic nitrogens is 2. The van der Waals surface area contributed by atoms with Gasteiger partial charge in [0, 0.05) is 17.8 Å². The van der Waals surface area contributed by atoms with Crippen molar-refractivity contribution < 1.29 is 19.1 Å². The van der Waals surface area contributed by atoms with Gasteiger partial charge in [0.25, 0.3) is 5.91 Å². The number of methoxy groups -OCH3 is 1. The van der Waals surface area contributed by atoms with E-state index in [0.717, 1.165) is 4.47 Å². The second-order valence-corrected chi connectivity index (χ2v) is 5.36. The molecule has 0 saturated carbocycles. The predicted molar refractivity (Wildman–Crippen MR) is 83.7 cm³/mol. The summed E-state index contributed by atoms with van der Waals surface area (Å²) >= 11 is 3.37. The Morgan fingerprint density at radius 1 is 1.41 bits per heavy atom. The molecule has 0 fully saturated rings. The number of hydrogen-bond acceptors (Lipinski definition) is 5. The lowest BCUT2D eigenvalue weighted by atomic mass is 10.3. The van der Waals surface area contributed by atoms with Crippen LogP contribution in [-0.2, 0) is 25.5 Å². The van der Waals surface area contributed by atoms with E-state index in [0.29, 0.717) is 23.8 Å². The Hall–Kier alpha value is -1.93. The maximum absolute atomic E-state index is 11.8. The number of anilines is 1. The standard InChI is InChI=1S/C14H16BrN3O4/c1-3-22-13(20)6-10-14(17-12(19)8-21-2)18-7-9(15)4-5-11(18)16-10/h4-5,7H,3,6,8H2,1-2H3,(H,17,19). The van der Waals surface area contributed by atoms with E-state index in [4.69, 9.17) is 9.47 Å². The molecule has 118 valence electrons. The van der Waals surface area contributed by atoms with E-state index in [1.807, 2.05) is 6.07 Å². The number of carbonyl (C=O) groups excluding carboxylic acids is 2. The van der Waals surface area contributed by atoms with Crippen LogP contribution in [0, 0.1) is 0 Å². The quantitative estimate of drug-likeness (QED) is 0.784. The molecule has 0 aliphatic heterocycles. The molecule has 0 saturated heterocycles. The van der Waals surface area contributed by atoms with Crippen molar-refractivity contribution in [2.75, 3.05) is 25.6 Å². The minimum absolute atomic E-state index is 0.0181. The zero-order chi connectivity index (χ0) is 16.1. The molecule has 1 N–H and O–H groups in total. The van der Waals surface area contributed by atoms with E-state index in [2.05, 4.69) is 26.2 Å². The fourth-order valence-corrected chi connectivity index (χ4v) is 2.31. The van der Waals surface area contributed by atoms with Crippen LogP contribution in [-0.4, -0.2) is 41.6 Å². The summed E-state index contributed by atoms with van der Waals surface area (Å²) in [5.74, 6) is -0.284. The number of hydrogen-bond donors (Lipinski definition) is 1. The van der Waals surface area contributed by atoms with Crippen LogP contribution in [0.1, 0.15) is 12.6 Å². The van der Waals surface area contributed by atoms with Gasteiger partial charge < -0.3 is 14.8 Å². The molecular weight excluding hydrogens is 354 g/mol.